The predicted octanol–water partition coefficient (Wildman–Crippen LogP) is 18.9. The van der Waals surface area contributed by atoms with E-state index in [1.807, 2.05) is 94.8 Å². The highest BCUT2D eigenvalue weighted by Crippen LogP contribution is 2.38. The Bertz CT molecular complexity index is 7570. The largest absolute Gasteiger partial charge is 0.381 e. The van der Waals surface area contributed by atoms with Crippen LogP contribution in [0.4, 0.5) is 55.8 Å². The number of benzene rings is 3. The van der Waals surface area contributed by atoms with Gasteiger partial charge in [0, 0.05) is 187 Å². The number of nitrogens with zero attached hydrogens (tertiary/aromatic N) is 29. The molecule has 0 saturated carbocycles. The van der Waals surface area contributed by atoms with Crippen molar-refractivity contribution in [2.24, 2.45) is 0 Å². The van der Waals surface area contributed by atoms with Crippen molar-refractivity contribution < 1.29 is 35.8 Å². The van der Waals surface area contributed by atoms with Gasteiger partial charge in [-0.3, -0.25) is 52.7 Å². The highest BCUT2D eigenvalue weighted by atomic mass is 19.2. The zero-order chi connectivity index (χ0) is 97.7. The summed E-state index contributed by atoms with van der Waals surface area (Å²) in [6.07, 6.45) is 39.5. The molecular weight excluding hydrogens is 1820 g/mol. The summed E-state index contributed by atoms with van der Waals surface area (Å²) in [5.74, 6) is 4.23. The summed E-state index contributed by atoms with van der Waals surface area (Å²) in [5, 5.41) is 3.31. The number of aromatic nitrogens is 25. The lowest BCUT2D eigenvalue weighted by atomic mass is 10.1. The van der Waals surface area contributed by atoms with Crippen molar-refractivity contribution in [1.29, 1.82) is 0 Å². The molecule has 142 heavy (non-hydrogen) atoms. The molecule has 17 aromatic heterocycles. The lowest BCUT2D eigenvalue weighted by Gasteiger charge is -2.28. The summed E-state index contributed by atoms with van der Waals surface area (Å²) in [7, 11) is 0. The minimum atomic E-state index is -0.696. The molecule has 716 valence electrons. The van der Waals surface area contributed by atoms with Crippen LogP contribution in [-0.4, -0.2) is 207 Å². The van der Waals surface area contributed by atoms with Gasteiger partial charge in [0.1, 0.15) is 81.5 Å². The van der Waals surface area contributed by atoms with Gasteiger partial charge in [0.05, 0.1) is 146 Å². The number of nitrogens with one attached hydrogen (secondary N) is 1. The normalized spacial score (nSPS) is 13.3. The fourth-order valence-electron chi connectivity index (χ4n) is 17.1. The quantitative estimate of drug-likeness (QED) is 0.0693. The van der Waals surface area contributed by atoms with Gasteiger partial charge in [-0.25, -0.2) is 96.1 Å². The van der Waals surface area contributed by atoms with Gasteiger partial charge in [0.25, 0.3) is 0 Å². The molecular formula is C104H96F6N30O2. The fraction of sp³-hybridized carbons (Fsp3) is 0.231. The number of pyridine rings is 9. The Morgan fingerprint density at radius 2 is 0.739 bits per heavy atom. The van der Waals surface area contributed by atoms with Crippen LogP contribution >= 0.6 is 0 Å². The monoisotopic (exact) mass is 1910 g/mol. The van der Waals surface area contributed by atoms with E-state index in [4.69, 9.17) is 29.4 Å². The molecule has 3 saturated heterocycles. The van der Waals surface area contributed by atoms with Crippen LogP contribution in [0, 0.1) is 48.8 Å². The van der Waals surface area contributed by atoms with Gasteiger partial charge in [-0.15, -0.1) is 0 Å². The van der Waals surface area contributed by atoms with Crippen LogP contribution in [0.25, 0.3) is 141 Å². The molecule has 32 nitrogen and oxygen atoms in total. The fourth-order valence-corrected chi connectivity index (χ4v) is 17.1. The van der Waals surface area contributed by atoms with Crippen LogP contribution in [-0.2, 0) is 9.47 Å². The van der Waals surface area contributed by atoms with E-state index < -0.39 is 23.3 Å². The molecule has 20 aromatic rings. The summed E-state index contributed by atoms with van der Waals surface area (Å²) in [6, 6.07) is 35.7. The molecule has 0 aliphatic carbocycles. The highest BCUT2D eigenvalue weighted by Gasteiger charge is 2.27. The molecule has 1 N–H and O–H groups in total. The molecule has 0 atom stereocenters. The average Bonchev–Trinajstić information content (AvgIpc) is 1.61. The molecule has 20 heterocycles. The number of morpholine rings is 1. The zero-order valence-electron chi connectivity index (χ0n) is 78.4. The number of halogens is 6. The first-order valence-corrected chi connectivity index (χ1v) is 46.7. The van der Waals surface area contributed by atoms with Crippen molar-refractivity contribution >= 4 is 84.6 Å². The van der Waals surface area contributed by atoms with Crippen LogP contribution in [0.5, 0.6) is 0 Å². The number of piperidine rings is 1. The number of ether oxygens (including phenoxy) is 2. The van der Waals surface area contributed by atoms with Crippen LogP contribution in [0.15, 0.2) is 257 Å². The maximum atomic E-state index is 14.7. The van der Waals surface area contributed by atoms with Crippen LogP contribution in [0.3, 0.4) is 0 Å². The van der Waals surface area contributed by atoms with E-state index >= 15 is 0 Å². The molecule has 38 heteroatoms. The topological polar surface area (TPSA) is 326 Å². The molecule has 3 aliphatic heterocycles. The molecule has 3 aliphatic rings. The standard InChI is InChI=1S/C23H21F2N5.C21H18F2N6O.C20H17FN6O.C20H19FN6.C20H21N7/c1-15-11-22(29-9-3-2-4-10-29)27-13-17(15)23-28-19-7-8-26-14-21(19)30(23)20-6-5-16(24)12-18(20)25;22-14-1-2-18(16(23)9-14)29-19-12-24-6-3-17(19)28-20(29)13-10-25-21(26-11-13)27-15-4-7-30-8-5-15;21-15-2-4-19(24-12-15)27-17-13-22-6-5-16(17)25-20(27)14-1-3-18(23-11-14)26-7-9-28-10-8-26;1-3-26(4-2)20-23-11-14(12-24-20)19-25-17-9-10-22-13-18(17)27(19)16-7-5-15(21)6-8-16;1-4-26(5-2)20-23-10-15(11-24-20)19-25-17-8-9-21-13-18(17)27(19)16-7-6-14(3)22-12-16/h5-8,11-14H,2-4,9-10H2,1H3;1-3,6,9-12,15H,4-5,7-8H2,(H,25,26,27);1-6,11-13H,7-10H2;5-13H,3-4H2,1-2H3;6-13H,4-5H2,1-3H3. The summed E-state index contributed by atoms with van der Waals surface area (Å²) in [6.45, 7) is 22.3. The third-order valence-corrected chi connectivity index (χ3v) is 24.5. The van der Waals surface area contributed by atoms with Crippen molar-refractivity contribution in [2.75, 3.05) is 104 Å². The summed E-state index contributed by atoms with van der Waals surface area (Å²) in [4.78, 5) is 98.1. The molecule has 0 spiro atoms. The van der Waals surface area contributed by atoms with E-state index in [0.717, 1.165) is 192 Å². The first kappa shape index (κ1) is 94.1. The highest BCUT2D eigenvalue weighted by molar-refractivity contribution is 5.87. The minimum Gasteiger partial charge on any atom is -0.381 e. The van der Waals surface area contributed by atoms with Crippen molar-refractivity contribution in [1.82, 2.24) is 123 Å². The number of hydrogen-bond donors (Lipinski definition) is 1. The smallest absolute Gasteiger partial charge is 0.225 e. The van der Waals surface area contributed by atoms with Gasteiger partial charge in [-0.2, -0.15) is 0 Å². The van der Waals surface area contributed by atoms with Crippen LogP contribution in [0.2, 0.25) is 0 Å². The van der Waals surface area contributed by atoms with E-state index in [2.05, 4.69) is 138 Å². The summed E-state index contributed by atoms with van der Waals surface area (Å²) >= 11 is 0. The molecule has 3 fully saturated rings. The number of anilines is 5. The number of rotatable bonds is 20. The third kappa shape index (κ3) is 20.5. The van der Waals surface area contributed by atoms with Crippen LogP contribution in [0.1, 0.15) is 71.1 Å². The van der Waals surface area contributed by atoms with E-state index in [1.54, 1.807) is 132 Å². The molecule has 0 unspecified atom stereocenters. The Balaban J connectivity index is 0.000000113. The SMILES string of the molecule is CCN(CC)c1ncc(-c2nc3ccncc3n2-c2ccc(C)nc2)cn1.CCN(CC)c1ncc(-c2nc3ccncc3n2-c2ccc(F)cc2)cn1.Cc1cc(N2CCCCC2)ncc1-c1nc2ccncc2n1-c1ccc(F)cc1F.Fc1ccc(-n2c(-c3ccc(N4CCOCC4)nc3)nc3ccncc32)nc1.Fc1ccc(-n2c(-c3cnc(NC4CCOCC4)nc3)nc3ccncc32)c(F)c1. The second kappa shape index (κ2) is 43.0. The van der Waals surface area contributed by atoms with Gasteiger partial charge in [-0.1, -0.05) is 0 Å². The Hall–Kier alpha value is -16.9. The summed E-state index contributed by atoms with van der Waals surface area (Å²) < 4.78 is 103. The van der Waals surface area contributed by atoms with Crippen molar-refractivity contribution in [3.8, 4) is 85.5 Å². The van der Waals surface area contributed by atoms with Gasteiger partial charge < -0.3 is 34.4 Å². The number of aryl methyl sites for hydroxylation is 2. The number of hydrogen-bond acceptors (Lipinski definition) is 27. The maximum Gasteiger partial charge on any atom is 0.225 e. The van der Waals surface area contributed by atoms with Crippen molar-refractivity contribution in [3.63, 3.8) is 0 Å². The van der Waals surface area contributed by atoms with E-state index in [0.29, 0.717) is 81.9 Å². The zero-order valence-corrected chi connectivity index (χ0v) is 78.4. The van der Waals surface area contributed by atoms with E-state index in [9.17, 15) is 26.3 Å². The van der Waals surface area contributed by atoms with Gasteiger partial charge >= 0.3 is 0 Å². The lowest BCUT2D eigenvalue weighted by molar-refractivity contribution is 0.0903. The Morgan fingerprint density at radius 3 is 1.20 bits per heavy atom. The minimum absolute atomic E-state index is 0.173. The summed E-state index contributed by atoms with van der Waals surface area (Å²) in [5.41, 5.74) is 15.6. The van der Waals surface area contributed by atoms with Gasteiger partial charge in [0.15, 0.2) is 0 Å². The second-order valence-corrected chi connectivity index (χ2v) is 33.5. The third-order valence-electron chi connectivity index (χ3n) is 24.5. The van der Waals surface area contributed by atoms with Gasteiger partial charge in [-0.05, 0) is 201 Å². The maximum absolute atomic E-state index is 14.7. The van der Waals surface area contributed by atoms with Crippen molar-refractivity contribution in [3.05, 3.63) is 304 Å². The molecule has 3 aromatic carbocycles. The molecule has 0 radical (unpaired) electrons. The molecule has 23 rings (SSSR count). The molecule has 0 amide bonds. The Labute approximate surface area is 811 Å². The molecule has 0 bridgehead atoms. The van der Waals surface area contributed by atoms with Crippen LogP contribution < -0.4 is 24.9 Å². The first-order valence-electron chi connectivity index (χ1n) is 46.7. The van der Waals surface area contributed by atoms with Crippen molar-refractivity contribution in [2.45, 2.75) is 79.7 Å². The Morgan fingerprint density at radius 1 is 0.331 bits per heavy atom. The van der Waals surface area contributed by atoms with Gasteiger partial charge in [0.2, 0.25) is 17.8 Å². The predicted molar refractivity (Wildman–Crippen MR) is 532 cm³/mol. The Kier molecular flexibility index (Phi) is 28.5. The number of imidazole rings is 5. The van der Waals surface area contributed by atoms with E-state index in [-0.39, 0.29) is 29.1 Å². The number of fused-ring (bicyclic) bond motifs is 5. The second-order valence-electron chi connectivity index (χ2n) is 33.5. The average molecular weight is 1910 g/mol. The lowest BCUT2D eigenvalue weighted by Crippen LogP contribution is -2.36. The van der Waals surface area contributed by atoms with E-state index in [1.165, 1.54) is 67.9 Å². The first-order chi connectivity index (χ1) is 69.5.